The Bertz CT molecular complexity index is 685. The van der Waals surface area contributed by atoms with Crippen LogP contribution in [0.1, 0.15) is 15.9 Å². The first-order chi connectivity index (χ1) is 10.1. The zero-order valence-electron chi connectivity index (χ0n) is 11.4. The average Bonchev–Trinajstić information content (AvgIpc) is 2.48. The summed E-state index contributed by atoms with van der Waals surface area (Å²) in [6.07, 6.45) is 3.01. The van der Waals surface area contributed by atoms with Crippen molar-refractivity contribution in [2.45, 2.75) is 5.75 Å². The molecule has 0 fully saturated rings. The molecule has 0 saturated heterocycles. The first-order valence-corrected chi connectivity index (χ1v) is 8.31. The zero-order chi connectivity index (χ0) is 15.1. The van der Waals surface area contributed by atoms with Gasteiger partial charge >= 0.3 is 0 Å². The zero-order valence-corrected chi connectivity index (χ0v) is 12.2. The molecule has 0 unspecified atom stereocenters. The molecule has 1 heterocycles. The van der Waals surface area contributed by atoms with E-state index in [0.29, 0.717) is 5.56 Å². The topological polar surface area (TPSA) is 76.1 Å². The van der Waals surface area contributed by atoms with Crippen LogP contribution in [0.25, 0.3) is 0 Å². The lowest BCUT2D eigenvalue weighted by Gasteiger charge is -2.06. The van der Waals surface area contributed by atoms with Crippen LogP contribution in [0.5, 0.6) is 0 Å². The Hall–Kier alpha value is -2.21. The normalized spacial score (nSPS) is 11.0. The summed E-state index contributed by atoms with van der Waals surface area (Å²) in [6, 6.07) is 12.3. The van der Waals surface area contributed by atoms with E-state index in [-0.39, 0.29) is 24.0 Å². The molecule has 0 aliphatic carbocycles. The maximum absolute atomic E-state index is 12.0. The Kier molecular flexibility index (Phi) is 5.05. The summed E-state index contributed by atoms with van der Waals surface area (Å²) in [4.78, 5) is 15.6. The highest BCUT2D eigenvalue weighted by Gasteiger charge is 2.13. The minimum atomic E-state index is -3.24. The predicted molar refractivity (Wildman–Crippen MR) is 80.5 cm³/mol. The van der Waals surface area contributed by atoms with Crippen molar-refractivity contribution in [3.63, 3.8) is 0 Å². The third kappa shape index (κ3) is 5.00. The van der Waals surface area contributed by atoms with Crippen LogP contribution < -0.4 is 5.32 Å². The van der Waals surface area contributed by atoms with E-state index in [1.807, 2.05) is 6.07 Å². The second kappa shape index (κ2) is 6.99. The second-order valence-electron chi connectivity index (χ2n) is 4.58. The molecule has 6 heteroatoms. The summed E-state index contributed by atoms with van der Waals surface area (Å²) >= 11 is 0. The Morgan fingerprint density at radius 1 is 1.10 bits per heavy atom. The Morgan fingerprint density at radius 3 is 2.52 bits per heavy atom. The van der Waals surface area contributed by atoms with Crippen molar-refractivity contribution >= 4 is 15.7 Å². The van der Waals surface area contributed by atoms with Crippen molar-refractivity contribution in [3.8, 4) is 0 Å². The van der Waals surface area contributed by atoms with Crippen LogP contribution in [0.4, 0.5) is 0 Å². The van der Waals surface area contributed by atoms with Gasteiger partial charge < -0.3 is 5.32 Å². The Labute approximate surface area is 124 Å². The fourth-order valence-corrected chi connectivity index (χ4v) is 3.08. The minimum absolute atomic E-state index is 0.0173. The van der Waals surface area contributed by atoms with Crippen molar-refractivity contribution in [3.05, 3.63) is 66.0 Å². The lowest BCUT2D eigenvalue weighted by molar-refractivity contribution is 0.0956. The molecular formula is C15H16N2O3S. The summed E-state index contributed by atoms with van der Waals surface area (Å²) in [7, 11) is -3.24. The van der Waals surface area contributed by atoms with Crippen LogP contribution >= 0.6 is 0 Å². The molecule has 2 aromatic rings. The number of nitrogens with one attached hydrogen (secondary N) is 1. The van der Waals surface area contributed by atoms with Gasteiger partial charge in [-0.25, -0.2) is 8.42 Å². The van der Waals surface area contributed by atoms with Gasteiger partial charge in [-0.2, -0.15) is 0 Å². The summed E-state index contributed by atoms with van der Waals surface area (Å²) in [5.74, 6) is -0.428. The molecule has 0 aliphatic heterocycles. The number of amides is 1. The van der Waals surface area contributed by atoms with Gasteiger partial charge in [0, 0.05) is 18.9 Å². The smallest absolute Gasteiger partial charge is 0.252 e. The Balaban J connectivity index is 1.84. The number of benzene rings is 1. The third-order valence-corrected chi connectivity index (χ3v) is 4.45. The molecule has 21 heavy (non-hydrogen) atoms. The number of hydrogen-bond donors (Lipinski definition) is 1. The molecule has 1 aromatic carbocycles. The van der Waals surface area contributed by atoms with E-state index < -0.39 is 9.84 Å². The minimum Gasteiger partial charge on any atom is -0.351 e. The van der Waals surface area contributed by atoms with E-state index in [1.165, 1.54) is 6.20 Å². The van der Waals surface area contributed by atoms with Gasteiger partial charge in [0.25, 0.3) is 5.91 Å². The number of rotatable bonds is 6. The van der Waals surface area contributed by atoms with Gasteiger partial charge in [-0.15, -0.1) is 0 Å². The maximum atomic E-state index is 12.0. The lowest BCUT2D eigenvalue weighted by atomic mass is 10.2. The number of carbonyl (C=O) groups is 1. The van der Waals surface area contributed by atoms with Gasteiger partial charge in [-0.3, -0.25) is 9.78 Å². The predicted octanol–water partition coefficient (Wildman–Crippen LogP) is 1.43. The fourth-order valence-electron chi connectivity index (χ4n) is 1.82. The Morgan fingerprint density at radius 2 is 1.86 bits per heavy atom. The molecule has 2 rings (SSSR count). The first kappa shape index (κ1) is 15.2. The highest BCUT2D eigenvalue weighted by Crippen LogP contribution is 2.05. The van der Waals surface area contributed by atoms with Crippen LogP contribution in [0, 0.1) is 0 Å². The van der Waals surface area contributed by atoms with Crippen LogP contribution in [0.2, 0.25) is 0 Å². The molecule has 5 nitrogen and oxygen atoms in total. The van der Waals surface area contributed by atoms with Gasteiger partial charge in [0.15, 0.2) is 9.84 Å². The van der Waals surface area contributed by atoms with Crippen molar-refractivity contribution in [2.75, 3.05) is 12.3 Å². The van der Waals surface area contributed by atoms with Crippen LogP contribution in [0.15, 0.2) is 54.9 Å². The molecule has 0 atom stereocenters. The van der Waals surface area contributed by atoms with Gasteiger partial charge in [-0.1, -0.05) is 30.3 Å². The standard InChI is InChI=1S/C15H16N2O3S/c18-15(14-7-4-8-16-11-14)17-9-10-21(19,20)12-13-5-2-1-3-6-13/h1-8,11H,9-10,12H2,(H,17,18). The number of sulfone groups is 1. The fraction of sp³-hybridized carbons (Fsp3) is 0.200. The third-order valence-electron chi connectivity index (χ3n) is 2.85. The lowest BCUT2D eigenvalue weighted by Crippen LogP contribution is -2.29. The monoisotopic (exact) mass is 304 g/mol. The first-order valence-electron chi connectivity index (χ1n) is 6.49. The van der Waals surface area contributed by atoms with Gasteiger partial charge in [0.2, 0.25) is 0 Å². The molecular weight excluding hydrogens is 288 g/mol. The molecule has 0 spiro atoms. The molecule has 0 bridgehead atoms. The maximum Gasteiger partial charge on any atom is 0.252 e. The molecule has 0 saturated carbocycles. The van der Waals surface area contributed by atoms with Crippen molar-refractivity contribution in [1.29, 1.82) is 0 Å². The number of carbonyl (C=O) groups excluding carboxylic acids is 1. The van der Waals surface area contributed by atoms with Crippen molar-refractivity contribution < 1.29 is 13.2 Å². The van der Waals surface area contributed by atoms with Crippen molar-refractivity contribution in [1.82, 2.24) is 10.3 Å². The SMILES string of the molecule is O=C(NCCS(=O)(=O)Cc1ccccc1)c1cccnc1. The number of aromatic nitrogens is 1. The highest BCUT2D eigenvalue weighted by molar-refractivity contribution is 7.90. The summed E-state index contributed by atoms with van der Waals surface area (Å²) in [5.41, 5.74) is 1.16. The van der Waals surface area contributed by atoms with Crippen LogP contribution in [-0.2, 0) is 15.6 Å². The van der Waals surface area contributed by atoms with Gasteiger partial charge in [-0.05, 0) is 17.7 Å². The van der Waals surface area contributed by atoms with Crippen LogP contribution in [0.3, 0.4) is 0 Å². The largest absolute Gasteiger partial charge is 0.351 e. The highest BCUT2D eigenvalue weighted by atomic mass is 32.2. The van der Waals surface area contributed by atoms with E-state index in [4.69, 9.17) is 0 Å². The van der Waals surface area contributed by atoms with E-state index in [0.717, 1.165) is 5.56 Å². The van der Waals surface area contributed by atoms with E-state index in [2.05, 4.69) is 10.3 Å². The van der Waals surface area contributed by atoms with Gasteiger partial charge in [0.1, 0.15) is 0 Å². The second-order valence-corrected chi connectivity index (χ2v) is 6.76. The quantitative estimate of drug-likeness (QED) is 0.876. The van der Waals surface area contributed by atoms with Gasteiger partial charge in [0.05, 0.1) is 17.1 Å². The van der Waals surface area contributed by atoms with Crippen molar-refractivity contribution in [2.24, 2.45) is 0 Å². The average molecular weight is 304 g/mol. The number of hydrogen-bond acceptors (Lipinski definition) is 4. The summed E-state index contributed by atoms with van der Waals surface area (Å²) in [5, 5.41) is 2.58. The molecule has 110 valence electrons. The van der Waals surface area contributed by atoms with Crippen LogP contribution in [-0.4, -0.2) is 31.6 Å². The number of pyridine rings is 1. The molecule has 1 aromatic heterocycles. The summed E-state index contributed by atoms with van der Waals surface area (Å²) in [6.45, 7) is 0.0862. The molecule has 0 radical (unpaired) electrons. The molecule has 0 aliphatic rings. The van der Waals surface area contributed by atoms with E-state index in [1.54, 1.807) is 42.6 Å². The molecule has 1 N–H and O–H groups in total. The number of nitrogens with zero attached hydrogens (tertiary/aromatic N) is 1. The van der Waals surface area contributed by atoms with E-state index in [9.17, 15) is 13.2 Å². The molecule has 1 amide bonds. The van der Waals surface area contributed by atoms with E-state index >= 15 is 0 Å². The summed E-state index contributed by atoms with van der Waals surface area (Å²) < 4.78 is 23.9.